The van der Waals surface area contributed by atoms with Gasteiger partial charge in [-0.1, -0.05) is 19.1 Å². The van der Waals surface area contributed by atoms with Crippen LogP contribution in [0.2, 0.25) is 0 Å². The number of benzene rings is 1. The van der Waals surface area contributed by atoms with Gasteiger partial charge in [-0.05, 0) is 56.1 Å². The second-order valence-corrected chi connectivity index (χ2v) is 5.00. The van der Waals surface area contributed by atoms with E-state index >= 15 is 0 Å². The Bertz CT molecular complexity index is 418. The summed E-state index contributed by atoms with van der Waals surface area (Å²) in [4.78, 5) is 2.53. The van der Waals surface area contributed by atoms with E-state index in [1.165, 1.54) is 18.4 Å². The average molecular weight is 243 g/mol. The molecule has 3 heteroatoms. The van der Waals surface area contributed by atoms with Crippen molar-refractivity contribution in [2.24, 2.45) is 11.7 Å². The first-order chi connectivity index (χ1) is 8.80. The molecule has 18 heavy (non-hydrogen) atoms. The van der Waals surface area contributed by atoms with E-state index in [0.29, 0.717) is 12.0 Å². The maximum atomic E-state index is 8.85. The third-order valence-electron chi connectivity index (χ3n) is 3.82. The zero-order valence-electron chi connectivity index (χ0n) is 11.0. The normalized spacial score (nSPS) is 24.1. The van der Waals surface area contributed by atoms with Crippen LogP contribution in [0.3, 0.4) is 0 Å². The predicted molar refractivity (Wildman–Crippen MR) is 72.9 cm³/mol. The van der Waals surface area contributed by atoms with Gasteiger partial charge < -0.3 is 5.73 Å². The summed E-state index contributed by atoms with van der Waals surface area (Å²) in [5.74, 6) is 0.546. The van der Waals surface area contributed by atoms with E-state index in [4.69, 9.17) is 11.0 Å². The van der Waals surface area contributed by atoms with Gasteiger partial charge in [0, 0.05) is 6.04 Å². The highest BCUT2D eigenvalue weighted by atomic mass is 15.2. The number of hydrogen-bond acceptors (Lipinski definition) is 3. The molecule has 0 bridgehead atoms. The zero-order valence-corrected chi connectivity index (χ0v) is 11.0. The highest BCUT2D eigenvalue weighted by Crippen LogP contribution is 2.36. The number of nitrogens with two attached hydrogens (primary N) is 1. The third kappa shape index (κ3) is 2.55. The predicted octanol–water partition coefficient (Wildman–Crippen LogP) is 2.29. The second-order valence-electron chi connectivity index (χ2n) is 5.00. The molecule has 2 atom stereocenters. The van der Waals surface area contributed by atoms with Crippen molar-refractivity contribution in [2.45, 2.75) is 25.8 Å². The first-order valence-corrected chi connectivity index (χ1v) is 6.74. The summed E-state index contributed by atoms with van der Waals surface area (Å²) in [6.45, 7) is 5.22. The largest absolute Gasteiger partial charge is 0.330 e. The van der Waals surface area contributed by atoms with E-state index in [9.17, 15) is 0 Å². The highest BCUT2D eigenvalue weighted by molar-refractivity contribution is 5.33. The molecule has 0 amide bonds. The third-order valence-corrected chi connectivity index (χ3v) is 3.82. The molecule has 0 aliphatic carbocycles. The quantitative estimate of drug-likeness (QED) is 0.882. The maximum Gasteiger partial charge on any atom is 0.0991 e. The van der Waals surface area contributed by atoms with Gasteiger partial charge in [0.05, 0.1) is 11.6 Å². The van der Waals surface area contributed by atoms with Crippen LogP contribution in [0, 0.1) is 17.2 Å². The number of nitrogens with zero attached hydrogens (tertiary/aromatic N) is 2. The van der Waals surface area contributed by atoms with Gasteiger partial charge in [0.1, 0.15) is 0 Å². The fourth-order valence-corrected chi connectivity index (χ4v) is 2.95. The monoisotopic (exact) mass is 243 g/mol. The molecule has 0 spiro atoms. The van der Waals surface area contributed by atoms with Crippen LogP contribution in [0.5, 0.6) is 0 Å². The fraction of sp³-hybridized carbons (Fsp3) is 0.533. The summed E-state index contributed by atoms with van der Waals surface area (Å²) in [6.07, 6.45) is 2.35. The van der Waals surface area contributed by atoms with E-state index in [1.54, 1.807) is 0 Å². The Labute approximate surface area is 109 Å². The molecule has 2 rings (SSSR count). The Kier molecular flexibility index (Phi) is 4.35. The lowest BCUT2D eigenvalue weighted by molar-refractivity contribution is 0.230. The van der Waals surface area contributed by atoms with Crippen LogP contribution in [0.25, 0.3) is 0 Å². The highest BCUT2D eigenvalue weighted by Gasteiger charge is 2.33. The van der Waals surface area contributed by atoms with Gasteiger partial charge in [-0.2, -0.15) is 5.26 Å². The van der Waals surface area contributed by atoms with Crippen LogP contribution in [-0.4, -0.2) is 24.5 Å². The van der Waals surface area contributed by atoms with Gasteiger partial charge >= 0.3 is 0 Å². The first-order valence-electron chi connectivity index (χ1n) is 6.74. The van der Waals surface area contributed by atoms with E-state index < -0.39 is 0 Å². The zero-order chi connectivity index (χ0) is 13.0. The van der Waals surface area contributed by atoms with E-state index in [0.717, 1.165) is 25.2 Å². The average Bonchev–Trinajstić information content (AvgIpc) is 2.82. The summed E-state index contributed by atoms with van der Waals surface area (Å²) in [6, 6.07) is 10.6. The molecule has 96 valence electrons. The van der Waals surface area contributed by atoms with E-state index in [1.807, 2.05) is 12.1 Å². The Hall–Kier alpha value is -1.37. The molecule has 1 aliphatic rings. The van der Waals surface area contributed by atoms with Gasteiger partial charge in [-0.15, -0.1) is 0 Å². The van der Waals surface area contributed by atoms with Crippen molar-refractivity contribution in [1.29, 1.82) is 5.26 Å². The molecular formula is C15H21N3. The Morgan fingerprint density at radius 3 is 2.67 bits per heavy atom. The minimum atomic E-state index is 0.433. The van der Waals surface area contributed by atoms with Gasteiger partial charge in [0.25, 0.3) is 0 Å². The lowest BCUT2D eigenvalue weighted by atomic mass is 9.93. The van der Waals surface area contributed by atoms with Crippen LogP contribution < -0.4 is 5.73 Å². The topological polar surface area (TPSA) is 53.0 Å². The molecule has 0 aromatic heterocycles. The smallest absolute Gasteiger partial charge is 0.0991 e. The maximum absolute atomic E-state index is 8.85. The van der Waals surface area contributed by atoms with Crippen molar-refractivity contribution >= 4 is 0 Å². The molecule has 0 saturated carbocycles. The molecule has 1 fully saturated rings. The van der Waals surface area contributed by atoms with Gasteiger partial charge in [0.2, 0.25) is 0 Å². The fourth-order valence-electron chi connectivity index (χ4n) is 2.95. The molecule has 0 radical (unpaired) electrons. The Morgan fingerprint density at radius 2 is 2.11 bits per heavy atom. The van der Waals surface area contributed by atoms with Crippen molar-refractivity contribution < 1.29 is 0 Å². The molecule has 1 aromatic rings. The molecule has 1 aliphatic heterocycles. The Balaban J connectivity index is 2.23. The van der Waals surface area contributed by atoms with Crippen LogP contribution in [0.1, 0.15) is 36.9 Å². The van der Waals surface area contributed by atoms with Crippen LogP contribution in [0.4, 0.5) is 0 Å². The standard InChI is InChI=1S/C15H21N3/c1-2-8-18-9-7-14(11-17)15(18)13-5-3-12(10-16)4-6-13/h3-6,14-15H,2,7-9,11,17H2,1H3. The van der Waals surface area contributed by atoms with Crippen LogP contribution in [-0.2, 0) is 0 Å². The molecule has 3 nitrogen and oxygen atoms in total. The van der Waals surface area contributed by atoms with Crippen molar-refractivity contribution in [1.82, 2.24) is 4.90 Å². The summed E-state index contributed by atoms with van der Waals surface area (Å²) in [5.41, 5.74) is 7.92. The van der Waals surface area contributed by atoms with E-state index in [2.05, 4.69) is 30.0 Å². The van der Waals surface area contributed by atoms with E-state index in [-0.39, 0.29) is 0 Å². The lowest BCUT2D eigenvalue weighted by Crippen LogP contribution is -2.28. The minimum Gasteiger partial charge on any atom is -0.330 e. The number of hydrogen-bond donors (Lipinski definition) is 1. The Morgan fingerprint density at radius 1 is 1.39 bits per heavy atom. The molecule has 2 unspecified atom stereocenters. The van der Waals surface area contributed by atoms with Gasteiger partial charge in [-0.3, -0.25) is 4.90 Å². The number of likely N-dealkylation sites (tertiary alicyclic amines) is 1. The number of rotatable bonds is 4. The van der Waals surface area contributed by atoms with Crippen LogP contribution in [0.15, 0.2) is 24.3 Å². The summed E-state index contributed by atoms with van der Waals surface area (Å²) >= 11 is 0. The lowest BCUT2D eigenvalue weighted by Gasteiger charge is -2.28. The molecular weight excluding hydrogens is 222 g/mol. The van der Waals surface area contributed by atoms with Crippen molar-refractivity contribution in [3.05, 3.63) is 35.4 Å². The minimum absolute atomic E-state index is 0.433. The first kappa shape index (κ1) is 13.1. The van der Waals surface area contributed by atoms with Crippen molar-refractivity contribution in [3.63, 3.8) is 0 Å². The van der Waals surface area contributed by atoms with Crippen molar-refractivity contribution in [2.75, 3.05) is 19.6 Å². The summed E-state index contributed by atoms with van der Waals surface area (Å²) < 4.78 is 0. The van der Waals surface area contributed by atoms with Gasteiger partial charge in [-0.25, -0.2) is 0 Å². The van der Waals surface area contributed by atoms with Crippen LogP contribution >= 0.6 is 0 Å². The SMILES string of the molecule is CCCN1CCC(CN)C1c1ccc(C#N)cc1. The second kappa shape index (κ2) is 5.99. The summed E-state index contributed by atoms with van der Waals surface area (Å²) in [7, 11) is 0. The molecule has 1 heterocycles. The number of nitriles is 1. The molecule has 1 saturated heterocycles. The molecule has 2 N–H and O–H groups in total. The summed E-state index contributed by atoms with van der Waals surface area (Å²) in [5, 5.41) is 8.85. The van der Waals surface area contributed by atoms with Gasteiger partial charge in [0.15, 0.2) is 0 Å². The van der Waals surface area contributed by atoms with Crippen molar-refractivity contribution in [3.8, 4) is 6.07 Å². The molecule has 1 aromatic carbocycles.